The molecular formula is C22H27N3O3. The lowest BCUT2D eigenvalue weighted by molar-refractivity contribution is 0.0357. The third-order valence-corrected chi connectivity index (χ3v) is 5.77. The molecule has 1 N–H and O–H groups in total. The first-order valence-electron chi connectivity index (χ1n) is 10.2. The SMILES string of the molecule is COc1cc2c(cc1OCCCN1CCOCC1)[nH]c1ccnc(C3CC3)c12. The van der Waals surface area contributed by atoms with Crippen molar-refractivity contribution in [2.24, 2.45) is 0 Å². The Morgan fingerprint density at radius 3 is 2.82 bits per heavy atom. The average Bonchev–Trinajstić information content (AvgIpc) is 3.52. The molecule has 2 fully saturated rings. The van der Waals surface area contributed by atoms with Gasteiger partial charge in [0.15, 0.2) is 11.5 Å². The number of hydrogen-bond acceptors (Lipinski definition) is 5. The van der Waals surface area contributed by atoms with Gasteiger partial charge < -0.3 is 19.2 Å². The van der Waals surface area contributed by atoms with Gasteiger partial charge in [-0.2, -0.15) is 0 Å². The second-order valence-corrected chi connectivity index (χ2v) is 7.72. The van der Waals surface area contributed by atoms with Crippen LogP contribution >= 0.6 is 0 Å². The maximum atomic E-state index is 6.09. The smallest absolute Gasteiger partial charge is 0.163 e. The molecule has 1 aliphatic heterocycles. The number of nitrogens with zero attached hydrogens (tertiary/aromatic N) is 2. The van der Waals surface area contributed by atoms with Gasteiger partial charge in [-0.05, 0) is 31.4 Å². The first-order valence-corrected chi connectivity index (χ1v) is 10.2. The van der Waals surface area contributed by atoms with Crippen LogP contribution in [-0.4, -0.2) is 61.4 Å². The first kappa shape index (κ1) is 17.8. The van der Waals surface area contributed by atoms with E-state index in [0.717, 1.165) is 61.8 Å². The van der Waals surface area contributed by atoms with Gasteiger partial charge in [0, 0.05) is 54.1 Å². The van der Waals surface area contributed by atoms with Crippen LogP contribution in [0.15, 0.2) is 24.4 Å². The highest BCUT2D eigenvalue weighted by Gasteiger charge is 2.28. The zero-order valence-corrected chi connectivity index (χ0v) is 16.4. The van der Waals surface area contributed by atoms with Crippen molar-refractivity contribution >= 4 is 21.8 Å². The van der Waals surface area contributed by atoms with E-state index in [1.807, 2.05) is 6.20 Å². The minimum atomic E-state index is 0.602. The fraction of sp³-hybridized carbons (Fsp3) is 0.500. The summed E-state index contributed by atoms with van der Waals surface area (Å²) in [7, 11) is 1.71. The molecule has 0 atom stereocenters. The van der Waals surface area contributed by atoms with Gasteiger partial charge in [0.05, 0.1) is 38.1 Å². The Balaban J connectivity index is 1.37. The number of aromatic amines is 1. The molecule has 6 heteroatoms. The Morgan fingerprint density at radius 2 is 2.04 bits per heavy atom. The van der Waals surface area contributed by atoms with Crippen molar-refractivity contribution in [1.82, 2.24) is 14.9 Å². The molecule has 0 spiro atoms. The molecule has 5 rings (SSSR count). The fourth-order valence-corrected chi connectivity index (χ4v) is 4.11. The molecule has 2 aliphatic rings. The van der Waals surface area contributed by atoms with E-state index in [2.05, 4.69) is 33.1 Å². The van der Waals surface area contributed by atoms with Crippen LogP contribution < -0.4 is 9.47 Å². The minimum absolute atomic E-state index is 0.602. The lowest BCUT2D eigenvalue weighted by Gasteiger charge is -2.26. The Kier molecular flexibility index (Phi) is 4.82. The molecule has 3 aromatic rings. The van der Waals surface area contributed by atoms with Gasteiger partial charge in [0.1, 0.15) is 0 Å². The van der Waals surface area contributed by atoms with Crippen molar-refractivity contribution in [3.8, 4) is 11.5 Å². The number of aromatic nitrogens is 2. The van der Waals surface area contributed by atoms with Crippen molar-refractivity contribution in [2.45, 2.75) is 25.2 Å². The highest BCUT2D eigenvalue weighted by atomic mass is 16.5. The summed E-state index contributed by atoms with van der Waals surface area (Å²) in [5, 5.41) is 2.40. The van der Waals surface area contributed by atoms with E-state index in [0.29, 0.717) is 12.5 Å². The molecule has 3 heterocycles. The molecule has 0 bridgehead atoms. The van der Waals surface area contributed by atoms with Crippen molar-refractivity contribution in [3.05, 3.63) is 30.1 Å². The Labute approximate surface area is 164 Å². The van der Waals surface area contributed by atoms with Crippen LogP contribution in [0.4, 0.5) is 0 Å². The van der Waals surface area contributed by atoms with E-state index in [9.17, 15) is 0 Å². The third-order valence-electron chi connectivity index (χ3n) is 5.77. The van der Waals surface area contributed by atoms with E-state index < -0.39 is 0 Å². The largest absolute Gasteiger partial charge is 0.493 e. The number of ether oxygens (including phenoxy) is 3. The van der Waals surface area contributed by atoms with Gasteiger partial charge >= 0.3 is 0 Å². The minimum Gasteiger partial charge on any atom is -0.493 e. The number of benzene rings is 1. The van der Waals surface area contributed by atoms with E-state index in [1.165, 1.54) is 29.3 Å². The molecule has 28 heavy (non-hydrogen) atoms. The summed E-state index contributed by atoms with van der Waals surface area (Å²) in [6.07, 6.45) is 5.37. The predicted octanol–water partition coefficient (Wildman–Crippen LogP) is 3.70. The molecule has 0 radical (unpaired) electrons. The van der Waals surface area contributed by atoms with Crippen LogP contribution in [0.5, 0.6) is 11.5 Å². The summed E-state index contributed by atoms with van der Waals surface area (Å²) in [6.45, 7) is 5.42. The predicted molar refractivity (Wildman–Crippen MR) is 109 cm³/mol. The molecule has 1 saturated heterocycles. The lowest BCUT2D eigenvalue weighted by atomic mass is 10.1. The average molecular weight is 381 g/mol. The van der Waals surface area contributed by atoms with Gasteiger partial charge in [-0.25, -0.2) is 0 Å². The highest BCUT2D eigenvalue weighted by Crippen LogP contribution is 2.45. The third kappa shape index (κ3) is 3.42. The molecule has 6 nitrogen and oxygen atoms in total. The van der Waals surface area contributed by atoms with Crippen LogP contribution in [-0.2, 0) is 4.74 Å². The topological polar surface area (TPSA) is 59.6 Å². The monoisotopic (exact) mass is 381 g/mol. The number of rotatable bonds is 7. The standard InChI is InChI=1S/C22H27N3O3/c1-26-19-13-16-18(24-17-5-6-23-22(21(16)17)15-3-4-15)14-20(19)28-10-2-7-25-8-11-27-12-9-25/h5-6,13-15,24H,2-4,7-12H2,1H3. The summed E-state index contributed by atoms with van der Waals surface area (Å²) in [5.41, 5.74) is 3.43. The quantitative estimate of drug-likeness (QED) is 0.633. The number of fused-ring (bicyclic) bond motifs is 3. The maximum Gasteiger partial charge on any atom is 0.163 e. The second kappa shape index (κ2) is 7.60. The Bertz CT molecular complexity index is 974. The van der Waals surface area contributed by atoms with Crippen molar-refractivity contribution in [3.63, 3.8) is 0 Å². The number of pyridine rings is 1. The number of H-pyrrole nitrogens is 1. The van der Waals surface area contributed by atoms with Gasteiger partial charge in [0.2, 0.25) is 0 Å². The van der Waals surface area contributed by atoms with Crippen LogP contribution in [0.1, 0.15) is 30.9 Å². The maximum absolute atomic E-state index is 6.09. The summed E-state index contributed by atoms with van der Waals surface area (Å²) in [6, 6.07) is 6.22. The van der Waals surface area contributed by atoms with Gasteiger partial charge in [-0.3, -0.25) is 9.88 Å². The molecule has 1 aromatic carbocycles. The fourth-order valence-electron chi connectivity index (χ4n) is 4.11. The highest BCUT2D eigenvalue weighted by molar-refractivity contribution is 6.09. The van der Waals surface area contributed by atoms with E-state index >= 15 is 0 Å². The van der Waals surface area contributed by atoms with E-state index in [4.69, 9.17) is 14.2 Å². The van der Waals surface area contributed by atoms with Crippen LogP contribution in [0.25, 0.3) is 21.8 Å². The first-order chi connectivity index (χ1) is 13.8. The van der Waals surface area contributed by atoms with Crippen molar-refractivity contribution in [1.29, 1.82) is 0 Å². The van der Waals surface area contributed by atoms with Crippen molar-refractivity contribution in [2.75, 3.05) is 46.6 Å². The van der Waals surface area contributed by atoms with Crippen molar-refractivity contribution < 1.29 is 14.2 Å². The van der Waals surface area contributed by atoms with Crippen LogP contribution in [0.3, 0.4) is 0 Å². The van der Waals surface area contributed by atoms with Gasteiger partial charge in [0.25, 0.3) is 0 Å². The molecule has 0 unspecified atom stereocenters. The summed E-state index contributed by atoms with van der Waals surface area (Å²) in [5.74, 6) is 2.18. The van der Waals surface area contributed by atoms with Crippen LogP contribution in [0, 0.1) is 0 Å². The normalized spacial score (nSPS) is 18.0. The Hall–Kier alpha value is -2.31. The zero-order valence-electron chi connectivity index (χ0n) is 16.4. The molecule has 1 saturated carbocycles. The zero-order chi connectivity index (χ0) is 18.9. The molecular weight excluding hydrogens is 354 g/mol. The Morgan fingerprint density at radius 1 is 1.18 bits per heavy atom. The number of methoxy groups -OCH3 is 1. The number of morpholine rings is 1. The molecule has 2 aromatic heterocycles. The molecule has 1 aliphatic carbocycles. The number of hydrogen-bond donors (Lipinski definition) is 1. The van der Waals surface area contributed by atoms with E-state index in [-0.39, 0.29) is 0 Å². The second-order valence-electron chi connectivity index (χ2n) is 7.72. The summed E-state index contributed by atoms with van der Waals surface area (Å²) >= 11 is 0. The lowest BCUT2D eigenvalue weighted by Crippen LogP contribution is -2.37. The van der Waals surface area contributed by atoms with E-state index in [1.54, 1.807) is 7.11 Å². The summed E-state index contributed by atoms with van der Waals surface area (Å²) in [4.78, 5) is 10.6. The summed E-state index contributed by atoms with van der Waals surface area (Å²) < 4.78 is 17.1. The van der Waals surface area contributed by atoms with Gasteiger partial charge in [-0.1, -0.05) is 0 Å². The van der Waals surface area contributed by atoms with Gasteiger partial charge in [-0.15, -0.1) is 0 Å². The molecule has 0 amide bonds. The number of nitrogens with one attached hydrogen (secondary N) is 1. The van der Waals surface area contributed by atoms with Crippen LogP contribution in [0.2, 0.25) is 0 Å². The molecule has 148 valence electrons.